The third-order valence-corrected chi connectivity index (χ3v) is 6.87. The van der Waals surface area contributed by atoms with Crippen molar-refractivity contribution < 1.29 is 32.9 Å². The highest BCUT2D eigenvalue weighted by molar-refractivity contribution is 7.56. The number of nitrogens with zero attached hydrogens (tertiary/aromatic N) is 4. The van der Waals surface area contributed by atoms with Gasteiger partial charge in [-0.2, -0.15) is 0 Å². The SMILES string of the molecule is CCCOC(=O)C(C)(C)NP(=O)(CO[C@H](C)Cn1cnc2c(N)ncnc21)O[C@H](C)C(=O)OC(C)C. The minimum Gasteiger partial charge on any atom is -0.464 e. The van der Waals surface area contributed by atoms with Gasteiger partial charge in [0.15, 0.2) is 17.6 Å². The molecule has 0 aromatic carbocycles. The molecule has 0 amide bonds. The van der Waals surface area contributed by atoms with Gasteiger partial charge in [0.1, 0.15) is 23.7 Å². The Morgan fingerprint density at radius 3 is 2.53 bits per heavy atom. The van der Waals surface area contributed by atoms with Crippen LogP contribution in [0.5, 0.6) is 0 Å². The van der Waals surface area contributed by atoms with Gasteiger partial charge in [-0.15, -0.1) is 0 Å². The number of anilines is 1. The number of rotatable bonds is 14. The second-order valence-electron chi connectivity index (χ2n) is 9.21. The van der Waals surface area contributed by atoms with Crippen molar-refractivity contribution in [2.75, 3.05) is 18.7 Å². The molecule has 36 heavy (non-hydrogen) atoms. The van der Waals surface area contributed by atoms with Crippen LogP contribution in [-0.4, -0.2) is 68.3 Å². The van der Waals surface area contributed by atoms with Gasteiger partial charge in [-0.25, -0.2) is 24.8 Å². The Kier molecular flexibility index (Phi) is 10.4. The van der Waals surface area contributed by atoms with Crippen molar-refractivity contribution in [2.24, 2.45) is 0 Å². The Morgan fingerprint density at radius 2 is 1.89 bits per heavy atom. The van der Waals surface area contributed by atoms with Gasteiger partial charge in [-0.1, -0.05) is 6.92 Å². The van der Waals surface area contributed by atoms with Crippen LogP contribution in [0.25, 0.3) is 11.2 Å². The number of carbonyl (C=O) groups is 2. The molecule has 0 bridgehead atoms. The third-order valence-electron chi connectivity index (χ3n) is 4.82. The van der Waals surface area contributed by atoms with Gasteiger partial charge < -0.3 is 29.0 Å². The minimum absolute atomic E-state index is 0.215. The Morgan fingerprint density at radius 1 is 1.19 bits per heavy atom. The number of nitrogen functional groups attached to an aromatic ring is 1. The molecule has 2 rings (SSSR count). The number of ether oxygens (including phenoxy) is 3. The first-order valence-corrected chi connectivity index (χ1v) is 13.6. The lowest BCUT2D eigenvalue weighted by molar-refractivity contribution is -0.155. The lowest BCUT2D eigenvalue weighted by atomic mass is 10.1. The van der Waals surface area contributed by atoms with Crippen molar-refractivity contribution >= 4 is 36.4 Å². The summed E-state index contributed by atoms with van der Waals surface area (Å²) >= 11 is 0. The van der Waals surface area contributed by atoms with Gasteiger partial charge >= 0.3 is 11.9 Å². The molecule has 1 unspecified atom stereocenters. The smallest absolute Gasteiger partial charge is 0.335 e. The predicted molar refractivity (Wildman–Crippen MR) is 133 cm³/mol. The van der Waals surface area contributed by atoms with Gasteiger partial charge in [-0.3, -0.25) is 9.36 Å². The van der Waals surface area contributed by atoms with E-state index in [0.29, 0.717) is 24.1 Å². The summed E-state index contributed by atoms with van der Waals surface area (Å²) < 4.78 is 37.4. The molecule has 3 atom stereocenters. The van der Waals surface area contributed by atoms with Crippen LogP contribution in [0.15, 0.2) is 12.7 Å². The maximum Gasteiger partial charge on any atom is 0.335 e. The van der Waals surface area contributed by atoms with E-state index in [2.05, 4.69) is 20.0 Å². The maximum atomic E-state index is 13.8. The summed E-state index contributed by atoms with van der Waals surface area (Å²) in [6.07, 6.45) is 1.06. The van der Waals surface area contributed by atoms with E-state index < -0.39 is 43.6 Å². The van der Waals surface area contributed by atoms with Gasteiger partial charge in [0.2, 0.25) is 0 Å². The highest BCUT2D eigenvalue weighted by atomic mass is 31.2. The highest BCUT2D eigenvalue weighted by Gasteiger charge is 2.40. The van der Waals surface area contributed by atoms with Crippen molar-refractivity contribution in [3.8, 4) is 0 Å². The Bertz CT molecular complexity index is 1090. The number of imidazole rings is 1. The lowest BCUT2D eigenvalue weighted by Crippen LogP contribution is -2.47. The zero-order chi connectivity index (χ0) is 27.1. The number of hydrogen-bond acceptors (Lipinski definition) is 11. The van der Waals surface area contributed by atoms with E-state index in [-0.39, 0.29) is 18.5 Å². The Labute approximate surface area is 210 Å². The number of aromatic nitrogens is 4. The predicted octanol–water partition coefficient (Wildman–Crippen LogP) is 2.64. The quantitative estimate of drug-likeness (QED) is 0.272. The van der Waals surface area contributed by atoms with Crippen molar-refractivity contribution in [2.45, 2.75) is 85.3 Å². The molecule has 0 radical (unpaired) electrons. The molecule has 0 aliphatic rings. The number of nitrogens with two attached hydrogens (primary N) is 1. The summed E-state index contributed by atoms with van der Waals surface area (Å²) in [7, 11) is -3.92. The van der Waals surface area contributed by atoms with E-state index in [1.54, 1.807) is 31.7 Å². The van der Waals surface area contributed by atoms with E-state index in [9.17, 15) is 14.2 Å². The summed E-state index contributed by atoms with van der Waals surface area (Å²) in [5.74, 6) is -1.04. The molecule has 13 nitrogen and oxygen atoms in total. The summed E-state index contributed by atoms with van der Waals surface area (Å²) in [5, 5.41) is 2.74. The van der Waals surface area contributed by atoms with Crippen LogP contribution in [-0.2, 0) is 39.4 Å². The number of hydrogen-bond donors (Lipinski definition) is 2. The first-order valence-electron chi connectivity index (χ1n) is 11.8. The van der Waals surface area contributed by atoms with Crippen molar-refractivity contribution in [1.29, 1.82) is 0 Å². The molecule has 0 fully saturated rings. The maximum absolute atomic E-state index is 13.8. The molecule has 2 aromatic heterocycles. The Hall–Kier alpha value is -2.60. The van der Waals surface area contributed by atoms with E-state index in [4.69, 9.17) is 24.5 Å². The lowest BCUT2D eigenvalue weighted by Gasteiger charge is -2.31. The minimum atomic E-state index is -3.92. The zero-order valence-electron chi connectivity index (χ0n) is 21.9. The van der Waals surface area contributed by atoms with Gasteiger partial charge in [0.25, 0.3) is 7.52 Å². The fraction of sp³-hybridized carbons (Fsp3) is 0.682. The van der Waals surface area contributed by atoms with Crippen molar-refractivity contribution in [3.63, 3.8) is 0 Å². The summed E-state index contributed by atoms with van der Waals surface area (Å²) in [6, 6.07) is 0. The number of esters is 2. The van der Waals surface area contributed by atoms with Crippen LogP contribution >= 0.6 is 7.52 Å². The van der Waals surface area contributed by atoms with Crippen LogP contribution in [0.1, 0.15) is 54.9 Å². The average Bonchev–Trinajstić information content (AvgIpc) is 3.19. The molecule has 0 aliphatic carbocycles. The molecular weight excluding hydrogens is 491 g/mol. The van der Waals surface area contributed by atoms with E-state index >= 15 is 0 Å². The number of carbonyl (C=O) groups excluding carboxylic acids is 2. The summed E-state index contributed by atoms with van der Waals surface area (Å²) in [5.41, 5.74) is 5.45. The normalized spacial score (nSPS) is 15.4. The standard InChI is InChI=1S/C22H37N6O7P/c1-8-9-32-21(30)22(6,7)27-36(31,35-16(5)20(29)34-14(2)3)13-33-15(4)10-28-12-26-17-18(23)24-11-25-19(17)28/h11-12,14-16H,8-10,13H2,1-7H3,(H,27,31)(H2,23,24,25)/t15-,16-,36?/m1/s1. The number of nitrogens with one attached hydrogen (secondary N) is 1. The molecule has 0 spiro atoms. The Balaban J connectivity index is 2.16. The van der Waals surface area contributed by atoms with Crippen molar-refractivity contribution in [3.05, 3.63) is 12.7 Å². The monoisotopic (exact) mass is 528 g/mol. The molecule has 3 N–H and O–H groups in total. The fourth-order valence-corrected chi connectivity index (χ4v) is 5.32. The van der Waals surface area contributed by atoms with E-state index in [1.807, 2.05) is 6.92 Å². The topological polar surface area (TPSA) is 170 Å². The average molecular weight is 529 g/mol. The molecule has 14 heteroatoms. The molecule has 0 saturated heterocycles. The van der Waals surface area contributed by atoms with Gasteiger partial charge in [0.05, 0.1) is 31.7 Å². The first-order chi connectivity index (χ1) is 16.8. The van der Waals surface area contributed by atoms with Crippen LogP contribution in [0.3, 0.4) is 0 Å². The molecule has 0 aliphatic heterocycles. The summed E-state index contributed by atoms with van der Waals surface area (Å²) in [6.45, 7) is 12.0. The van der Waals surface area contributed by atoms with Gasteiger partial charge in [0, 0.05) is 0 Å². The molecule has 0 saturated carbocycles. The van der Waals surface area contributed by atoms with Crippen LogP contribution in [0.2, 0.25) is 0 Å². The van der Waals surface area contributed by atoms with Crippen molar-refractivity contribution in [1.82, 2.24) is 24.6 Å². The number of fused-ring (bicyclic) bond motifs is 1. The third kappa shape index (κ3) is 8.22. The molecule has 2 heterocycles. The fourth-order valence-electron chi connectivity index (χ4n) is 3.15. The van der Waals surface area contributed by atoms with Crippen LogP contribution in [0.4, 0.5) is 5.82 Å². The largest absolute Gasteiger partial charge is 0.464 e. The summed E-state index contributed by atoms with van der Waals surface area (Å²) in [4.78, 5) is 37.2. The van der Waals surface area contributed by atoms with E-state index in [1.165, 1.54) is 27.1 Å². The first kappa shape index (κ1) is 29.6. The zero-order valence-corrected chi connectivity index (χ0v) is 22.8. The van der Waals surface area contributed by atoms with Gasteiger partial charge in [-0.05, 0) is 48.0 Å². The van der Waals surface area contributed by atoms with E-state index in [0.717, 1.165) is 0 Å². The van der Waals surface area contributed by atoms with Crippen LogP contribution in [0, 0.1) is 0 Å². The molecular formula is C22H37N6O7P. The second kappa shape index (κ2) is 12.6. The van der Waals surface area contributed by atoms with Crippen LogP contribution < -0.4 is 10.8 Å². The molecule has 2 aromatic rings. The molecule has 202 valence electrons. The second-order valence-corrected chi connectivity index (χ2v) is 11.3. The highest BCUT2D eigenvalue weighted by Crippen LogP contribution is 2.46.